The molecule has 0 bridgehead atoms. The Morgan fingerprint density at radius 3 is 2.83 bits per heavy atom. The van der Waals surface area contributed by atoms with E-state index in [1.807, 2.05) is 49.4 Å². The number of halogens is 1. The van der Waals surface area contributed by atoms with Gasteiger partial charge >= 0.3 is 0 Å². The summed E-state index contributed by atoms with van der Waals surface area (Å²) in [5.41, 5.74) is 2.46. The van der Waals surface area contributed by atoms with Gasteiger partial charge in [-0.3, -0.25) is 9.69 Å². The van der Waals surface area contributed by atoms with Crippen molar-refractivity contribution in [1.29, 1.82) is 0 Å². The summed E-state index contributed by atoms with van der Waals surface area (Å²) >= 11 is 7.79. The lowest BCUT2D eigenvalue weighted by molar-refractivity contribution is 0.0849. The zero-order valence-corrected chi connectivity index (χ0v) is 14.4. The number of amides is 1. The average molecular weight is 345 g/mol. The normalized spacial score (nSPS) is 16.6. The molecule has 118 valence electrons. The van der Waals surface area contributed by atoms with Gasteiger partial charge in [0.15, 0.2) is 5.17 Å². The molecule has 1 heterocycles. The Bertz CT molecular complexity index is 760. The molecule has 2 aromatic carbocycles. The SMILES string of the molecule is Cc1cccc(C(=O)N2CCCSC2=Nc2ccccc2Cl)c1. The lowest BCUT2D eigenvalue weighted by atomic mass is 10.1. The second kappa shape index (κ2) is 7.20. The summed E-state index contributed by atoms with van der Waals surface area (Å²) in [4.78, 5) is 19.2. The molecule has 0 N–H and O–H groups in total. The predicted molar refractivity (Wildman–Crippen MR) is 97.8 cm³/mol. The first-order valence-corrected chi connectivity index (χ1v) is 8.86. The van der Waals surface area contributed by atoms with Crippen LogP contribution in [0.25, 0.3) is 0 Å². The Balaban J connectivity index is 1.93. The van der Waals surface area contributed by atoms with Gasteiger partial charge in [0.25, 0.3) is 5.91 Å². The number of carbonyl (C=O) groups is 1. The molecule has 2 aromatic rings. The van der Waals surface area contributed by atoms with Gasteiger partial charge in [-0.15, -0.1) is 0 Å². The first-order valence-electron chi connectivity index (χ1n) is 7.50. The molecule has 3 rings (SSSR count). The van der Waals surface area contributed by atoms with Crippen LogP contribution in [0, 0.1) is 6.92 Å². The van der Waals surface area contributed by atoms with Gasteiger partial charge in [0.2, 0.25) is 0 Å². The summed E-state index contributed by atoms with van der Waals surface area (Å²) in [7, 11) is 0. The molecular weight excluding hydrogens is 328 g/mol. The topological polar surface area (TPSA) is 32.7 Å². The number of amidine groups is 1. The van der Waals surface area contributed by atoms with Crippen LogP contribution in [-0.4, -0.2) is 28.3 Å². The van der Waals surface area contributed by atoms with E-state index in [0.29, 0.717) is 22.8 Å². The molecule has 5 heteroatoms. The van der Waals surface area contributed by atoms with E-state index in [0.717, 1.165) is 22.9 Å². The highest BCUT2D eigenvalue weighted by molar-refractivity contribution is 8.13. The lowest BCUT2D eigenvalue weighted by Gasteiger charge is -2.28. The van der Waals surface area contributed by atoms with E-state index in [1.165, 1.54) is 0 Å². The highest BCUT2D eigenvalue weighted by Gasteiger charge is 2.25. The smallest absolute Gasteiger partial charge is 0.259 e. The summed E-state index contributed by atoms with van der Waals surface area (Å²) in [6.07, 6.45) is 0.962. The maximum Gasteiger partial charge on any atom is 0.259 e. The standard InChI is InChI=1S/C18H17ClN2OS/c1-13-6-4-7-14(12-13)17(22)21-10-5-11-23-18(21)20-16-9-3-2-8-15(16)19/h2-4,6-9,12H,5,10-11H2,1H3. The number of hydrogen-bond acceptors (Lipinski definition) is 3. The Labute approximate surface area is 145 Å². The molecular formula is C18H17ClN2OS. The lowest BCUT2D eigenvalue weighted by Crippen LogP contribution is -2.39. The molecule has 0 aromatic heterocycles. The minimum absolute atomic E-state index is 0.00768. The number of nitrogens with zero attached hydrogens (tertiary/aromatic N) is 2. The summed E-state index contributed by atoms with van der Waals surface area (Å²) < 4.78 is 0. The zero-order chi connectivity index (χ0) is 16.2. The molecule has 0 atom stereocenters. The number of aryl methyl sites for hydroxylation is 1. The average Bonchev–Trinajstić information content (AvgIpc) is 2.57. The fourth-order valence-corrected chi connectivity index (χ4v) is 3.55. The van der Waals surface area contributed by atoms with Gasteiger partial charge in [-0.1, -0.05) is 53.2 Å². The van der Waals surface area contributed by atoms with Gasteiger partial charge in [-0.25, -0.2) is 4.99 Å². The van der Waals surface area contributed by atoms with Gasteiger partial charge < -0.3 is 0 Å². The van der Waals surface area contributed by atoms with Crippen LogP contribution < -0.4 is 0 Å². The van der Waals surface area contributed by atoms with Crippen molar-refractivity contribution in [2.45, 2.75) is 13.3 Å². The van der Waals surface area contributed by atoms with Crippen molar-refractivity contribution in [3.63, 3.8) is 0 Å². The van der Waals surface area contributed by atoms with Crippen molar-refractivity contribution in [2.24, 2.45) is 4.99 Å². The van der Waals surface area contributed by atoms with Gasteiger partial charge in [-0.2, -0.15) is 0 Å². The quantitative estimate of drug-likeness (QED) is 0.775. The van der Waals surface area contributed by atoms with Crippen LogP contribution in [0.3, 0.4) is 0 Å². The minimum atomic E-state index is -0.00768. The van der Waals surface area contributed by atoms with E-state index < -0.39 is 0 Å². The van der Waals surface area contributed by atoms with Crippen LogP contribution in [-0.2, 0) is 0 Å². The van der Waals surface area contributed by atoms with Crippen LogP contribution in [0.5, 0.6) is 0 Å². The third-order valence-corrected chi connectivity index (χ3v) is 4.95. The third kappa shape index (κ3) is 3.77. The molecule has 1 aliphatic rings. The number of carbonyl (C=O) groups excluding carboxylic acids is 1. The molecule has 1 saturated heterocycles. The Hall–Kier alpha value is -1.78. The summed E-state index contributed by atoms with van der Waals surface area (Å²) in [6, 6.07) is 15.1. The molecule has 0 spiro atoms. The highest BCUT2D eigenvalue weighted by Crippen LogP contribution is 2.28. The number of hydrogen-bond donors (Lipinski definition) is 0. The van der Waals surface area contributed by atoms with E-state index in [-0.39, 0.29) is 5.91 Å². The first kappa shape index (κ1) is 16.1. The monoisotopic (exact) mass is 344 g/mol. The van der Waals surface area contributed by atoms with E-state index in [1.54, 1.807) is 22.7 Å². The van der Waals surface area contributed by atoms with Crippen molar-refractivity contribution in [1.82, 2.24) is 4.90 Å². The maximum atomic E-state index is 12.8. The summed E-state index contributed by atoms with van der Waals surface area (Å²) in [5.74, 6) is 0.952. The second-order valence-electron chi connectivity index (χ2n) is 5.37. The van der Waals surface area contributed by atoms with Crippen LogP contribution in [0.15, 0.2) is 53.5 Å². The molecule has 23 heavy (non-hydrogen) atoms. The Kier molecular flexibility index (Phi) is 5.03. The number of para-hydroxylation sites is 1. The van der Waals surface area contributed by atoms with Crippen LogP contribution >= 0.6 is 23.4 Å². The molecule has 0 unspecified atom stereocenters. The van der Waals surface area contributed by atoms with Gasteiger partial charge in [0.1, 0.15) is 0 Å². The maximum absolute atomic E-state index is 12.8. The fourth-order valence-electron chi connectivity index (χ4n) is 2.42. The molecule has 1 amide bonds. The molecule has 0 radical (unpaired) electrons. The summed E-state index contributed by atoms with van der Waals surface area (Å²) in [6.45, 7) is 2.67. The molecule has 1 fully saturated rings. The largest absolute Gasteiger partial charge is 0.287 e. The highest BCUT2D eigenvalue weighted by atomic mass is 35.5. The van der Waals surface area contributed by atoms with Gasteiger partial charge in [-0.05, 0) is 37.6 Å². The number of aliphatic imine (C=N–C) groups is 1. The zero-order valence-electron chi connectivity index (χ0n) is 12.8. The van der Waals surface area contributed by atoms with E-state index in [9.17, 15) is 4.79 Å². The molecule has 1 aliphatic heterocycles. The van der Waals surface area contributed by atoms with Gasteiger partial charge in [0.05, 0.1) is 10.7 Å². The van der Waals surface area contributed by atoms with Crippen LogP contribution in [0.2, 0.25) is 5.02 Å². The van der Waals surface area contributed by atoms with Crippen molar-refractivity contribution >= 4 is 40.1 Å². The minimum Gasteiger partial charge on any atom is -0.287 e. The van der Waals surface area contributed by atoms with Crippen molar-refractivity contribution < 1.29 is 4.79 Å². The van der Waals surface area contributed by atoms with Crippen molar-refractivity contribution in [3.8, 4) is 0 Å². The van der Waals surface area contributed by atoms with Gasteiger partial charge in [0, 0.05) is 17.9 Å². The van der Waals surface area contributed by atoms with E-state index in [2.05, 4.69) is 4.99 Å². The predicted octanol–water partition coefficient (Wildman–Crippen LogP) is 4.92. The fraction of sp³-hybridized carbons (Fsp3) is 0.222. The van der Waals surface area contributed by atoms with Crippen LogP contribution in [0.1, 0.15) is 22.3 Å². The number of rotatable bonds is 2. The Morgan fingerprint density at radius 1 is 1.22 bits per heavy atom. The van der Waals surface area contributed by atoms with E-state index in [4.69, 9.17) is 11.6 Å². The molecule has 0 aliphatic carbocycles. The Morgan fingerprint density at radius 2 is 2.04 bits per heavy atom. The van der Waals surface area contributed by atoms with E-state index >= 15 is 0 Å². The van der Waals surface area contributed by atoms with Crippen molar-refractivity contribution in [3.05, 3.63) is 64.7 Å². The number of thioether (sulfide) groups is 1. The third-order valence-electron chi connectivity index (χ3n) is 3.57. The summed E-state index contributed by atoms with van der Waals surface area (Å²) in [5, 5.41) is 1.31. The first-order chi connectivity index (χ1) is 11.1. The number of benzene rings is 2. The molecule has 0 saturated carbocycles. The molecule has 3 nitrogen and oxygen atoms in total. The second-order valence-corrected chi connectivity index (χ2v) is 6.84. The van der Waals surface area contributed by atoms with Crippen molar-refractivity contribution in [2.75, 3.05) is 12.3 Å². The van der Waals surface area contributed by atoms with Crippen LogP contribution in [0.4, 0.5) is 5.69 Å².